The molecule has 0 bridgehead atoms. The number of hydrogen-bond acceptors (Lipinski definition) is 7. The van der Waals surface area contributed by atoms with Crippen molar-refractivity contribution in [2.45, 2.75) is 0 Å². The summed E-state index contributed by atoms with van der Waals surface area (Å²) in [7, 11) is 1.35. The summed E-state index contributed by atoms with van der Waals surface area (Å²) >= 11 is 0. The van der Waals surface area contributed by atoms with Crippen LogP contribution in [0.25, 0.3) is 0 Å². The Morgan fingerprint density at radius 2 is 1.67 bits per heavy atom. The molecule has 0 aliphatic heterocycles. The van der Waals surface area contributed by atoms with E-state index in [-0.39, 0.29) is 5.97 Å². The summed E-state index contributed by atoms with van der Waals surface area (Å²) in [5.74, 6) is 0.547. The fraction of sp³-hybridized carbons (Fsp3) is 0.0588. The monoisotopic (exact) mass is 321 g/mol. The second kappa shape index (κ2) is 7.19. The van der Waals surface area contributed by atoms with Gasteiger partial charge in [-0.15, -0.1) is 5.10 Å². The molecule has 0 unspecified atom stereocenters. The van der Waals surface area contributed by atoms with Gasteiger partial charge in [0.25, 0.3) is 0 Å². The van der Waals surface area contributed by atoms with Gasteiger partial charge in [-0.3, -0.25) is 0 Å². The molecule has 1 aromatic heterocycles. The van der Waals surface area contributed by atoms with Crippen molar-refractivity contribution in [1.82, 2.24) is 15.2 Å². The lowest BCUT2D eigenvalue weighted by Gasteiger charge is -2.08. The smallest absolute Gasteiger partial charge is 0.337 e. The molecule has 0 aliphatic rings. The first-order chi connectivity index (χ1) is 11.7. The van der Waals surface area contributed by atoms with Crippen molar-refractivity contribution < 1.29 is 9.53 Å². The lowest BCUT2D eigenvalue weighted by atomic mass is 10.2. The predicted octanol–water partition coefficient (Wildman–Crippen LogP) is 3.15. The number of rotatable bonds is 5. The topological polar surface area (TPSA) is 89.0 Å². The van der Waals surface area contributed by atoms with Crippen LogP contribution in [0.4, 0.5) is 23.1 Å². The van der Waals surface area contributed by atoms with Crippen molar-refractivity contribution in [2.24, 2.45) is 0 Å². The number of para-hydroxylation sites is 1. The molecular formula is C17H15N5O2. The number of benzene rings is 2. The number of nitrogens with zero attached hydrogens (tertiary/aromatic N) is 3. The quantitative estimate of drug-likeness (QED) is 0.698. The molecule has 0 spiro atoms. The van der Waals surface area contributed by atoms with E-state index >= 15 is 0 Å². The van der Waals surface area contributed by atoms with E-state index in [1.54, 1.807) is 24.3 Å². The molecule has 1 heterocycles. The Hall–Kier alpha value is -3.48. The predicted molar refractivity (Wildman–Crippen MR) is 90.6 cm³/mol. The molecule has 0 saturated heterocycles. The van der Waals surface area contributed by atoms with Crippen LogP contribution in [0.15, 0.2) is 60.8 Å². The highest BCUT2D eigenvalue weighted by atomic mass is 16.5. The Labute approximate surface area is 138 Å². The van der Waals surface area contributed by atoms with Crippen LogP contribution in [0.5, 0.6) is 0 Å². The molecule has 2 N–H and O–H groups in total. The maximum atomic E-state index is 11.4. The van der Waals surface area contributed by atoms with Gasteiger partial charge in [0.1, 0.15) is 0 Å². The van der Waals surface area contributed by atoms with Crippen molar-refractivity contribution in [3.8, 4) is 0 Å². The summed E-state index contributed by atoms with van der Waals surface area (Å²) < 4.78 is 4.67. The van der Waals surface area contributed by atoms with Gasteiger partial charge in [-0.25, -0.2) is 4.79 Å². The highest BCUT2D eigenvalue weighted by molar-refractivity contribution is 5.89. The van der Waals surface area contributed by atoms with Gasteiger partial charge < -0.3 is 15.4 Å². The minimum atomic E-state index is -0.375. The standard InChI is InChI=1S/C17H15N5O2/c1-24-16(23)12-7-9-14(10-8-12)19-15-11-18-22-17(21-15)20-13-5-3-2-4-6-13/h2-11H,1H3,(H2,19,20,21,22). The van der Waals surface area contributed by atoms with E-state index in [0.29, 0.717) is 17.3 Å². The zero-order chi connectivity index (χ0) is 16.8. The summed E-state index contributed by atoms with van der Waals surface area (Å²) in [6.07, 6.45) is 1.52. The molecule has 2 aromatic carbocycles. The Morgan fingerprint density at radius 1 is 0.958 bits per heavy atom. The van der Waals surface area contributed by atoms with E-state index in [2.05, 4.69) is 30.6 Å². The number of anilines is 4. The molecule has 7 heteroatoms. The van der Waals surface area contributed by atoms with Crippen LogP contribution in [-0.4, -0.2) is 28.3 Å². The number of esters is 1. The molecule has 0 amide bonds. The molecule has 0 saturated carbocycles. The number of carbonyl (C=O) groups is 1. The average Bonchev–Trinajstić information content (AvgIpc) is 2.63. The fourth-order valence-electron chi connectivity index (χ4n) is 2.02. The number of nitrogens with one attached hydrogen (secondary N) is 2. The number of hydrogen-bond donors (Lipinski definition) is 2. The van der Waals surface area contributed by atoms with E-state index in [1.165, 1.54) is 13.3 Å². The van der Waals surface area contributed by atoms with Gasteiger partial charge in [-0.2, -0.15) is 10.1 Å². The van der Waals surface area contributed by atoms with Crippen LogP contribution in [0.3, 0.4) is 0 Å². The highest BCUT2D eigenvalue weighted by Crippen LogP contribution is 2.17. The Morgan fingerprint density at radius 3 is 2.38 bits per heavy atom. The molecule has 0 atom stereocenters. The average molecular weight is 321 g/mol. The lowest BCUT2D eigenvalue weighted by Crippen LogP contribution is -2.03. The van der Waals surface area contributed by atoms with Gasteiger partial charge in [-0.1, -0.05) is 18.2 Å². The van der Waals surface area contributed by atoms with Crippen molar-refractivity contribution >= 4 is 29.1 Å². The van der Waals surface area contributed by atoms with E-state index in [9.17, 15) is 4.79 Å². The van der Waals surface area contributed by atoms with Crippen LogP contribution in [-0.2, 0) is 4.74 Å². The second-order valence-corrected chi connectivity index (χ2v) is 4.85. The minimum Gasteiger partial charge on any atom is -0.465 e. The molecule has 120 valence electrons. The van der Waals surface area contributed by atoms with Crippen molar-refractivity contribution in [3.05, 3.63) is 66.4 Å². The zero-order valence-corrected chi connectivity index (χ0v) is 12.9. The van der Waals surface area contributed by atoms with Crippen molar-refractivity contribution in [3.63, 3.8) is 0 Å². The van der Waals surface area contributed by atoms with Crippen molar-refractivity contribution in [2.75, 3.05) is 17.7 Å². The van der Waals surface area contributed by atoms with Crippen LogP contribution < -0.4 is 10.6 Å². The van der Waals surface area contributed by atoms with Crippen LogP contribution >= 0.6 is 0 Å². The Balaban J connectivity index is 1.71. The van der Waals surface area contributed by atoms with Gasteiger partial charge in [0, 0.05) is 11.4 Å². The number of methoxy groups -OCH3 is 1. The molecular weight excluding hydrogens is 306 g/mol. The molecule has 0 aliphatic carbocycles. The van der Waals surface area contributed by atoms with Gasteiger partial charge in [0.2, 0.25) is 5.95 Å². The molecule has 3 aromatic rings. The molecule has 3 rings (SSSR count). The van der Waals surface area contributed by atoms with Gasteiger partial charge in [-0.05, 0) is 36.4 Å². The molecule has 7 nitrogen and oxygen atoms in total. The Kier molecular flexibility index (Phi) is 4.62. The maximum absolute atomic E-state index is 11.4. The van der Waals surface area contributed by atoms with E-state index < -0.39 is 0 Å². The number of carbonyl (C=O) groups excluding carboxylic acids is 1. The minimum absolute atomic E-state index is 0.375. The van der Waals surface area contributed by atoms with Crippen LogP contribution in [0, 0.1) is 0 Å². The summed E-state index contributed by atoms with van der Waals surface area (Å²) in [5.41, 5.74) is 2.13. The van der Waals surface area contributed by atoms with Gasteiger partial charge >= 0.3 is 5.97 Å². The normalized spacial score (nSPS) is 10.0. The largest absolute Gasteiger partial charge is 0.465 e. The fourth-order valence-corrected chi connectivity index (χ4v) is 2.02. The van der Waals surface area contributed by atoms with Crippen LogP contribution in [0.1, 0.15) is 10.4 Å². The van der Waals surface area contributed by atoms with E-state index in [1.807, 2.05) is 30.3 Å². The summed E-state index contributed by atoms with van der Waals surface area (Å²) in [4.78, 5) is 15.8. The molecule has 24 heavy (non-hydrogen) atoms. The van der Waals surface area contributed by atoms with Gasteiger partial charge in [0.05, 0.1) is 18.9 Å². The van der Waals surface area contributed by atoms with Crippen molar-refractivity contribution in [1.29, 1.82) is 0 Å². The number of ether oxygens (including phenoxy) is 1. The third kappa shape index (κ3) is 3.83. The highest BCUT2D eigenvalue weighted by Gasteiger charge is 2.05. The SMILES string of the molecule is COC(=O)c1ccc(Nc2cnnc(Nc3ccccc3)n2)cc1. The third-order valence-corrected chi connectivity index (χ3v) is 3.17. The second-order valence-electron chi connectivity index (χ2n) is 4.85. The maximum Gasteiger partial charge on any atom is 0.337 e. The first-order valence-corrected chi connectivity index (χ1v) is 7.22. The lowest BCUT2D eigenvalue weighted by molar-refractivity contribution is 0.0601. The molecule has 0 fully saturated rings. The first kappa shape index (κ1) is 15.4. The van der Waals surface area contributed by atoms with Gasteiger partial charge in [0.15, 0.2) is 5.82 Å². The Bertz CT molecular complexity index is 822. The van der Waals surface area contributed by atoms with E-state index in [0.717, 1.165) is 11.4 Å². The zero-order valence-electron chi connectivity index (χ0n) is 12.9. The number of aromatic nitrogens is 3. The van der Waals surface area contributed by atoms with Crippen LogP contribution in [0.2, 0.25) is 0 Å². The summed E-state index contributed by atoms with van der Waals surface area (Å²) in [6, 6.07) is 16.5. The summed E-state index contributed by atoms with van der Waals surface area (Å²) in [5, 5.41) is 14.1. The third-order valence-electron chi connectivity index (χ3n) is 3.17. The van der Waals surface area contributed by atoms with E-state index in [4.69, 9.17) is 0 Å². The first-order valence-electron chi connectivity index (χ1n) is 7.22. The molecule has 0 radical (unpaired) electrons. The summed E-state index contributed by atoms with van der Waals surface area (Å²) in [6.45, 7) is 0.